The molecule has 0 saturated heterocycles. The maximum atomic E-state index is 13.5. The number of thiazole rings is 1. The van der Waals surface area contributed by atoms with Gasteiger partial charge in [0.2, 0.25) is 0 Å². The van der Waals surface area contributed by atoms with Gasteiger partial charge in [-0.1, -0.05) is 0 Å². The largest absolute Gasteiger partial charge is 0.361 e. The molecule has 2 heterocycles. The van der Waals surface area contributed by atoms with Gasteiger partial charge < -0.3 is 15.2 Å². The van der Waals surface area contributed by atoms with Gasteiger partial charge in [-0.25, -0.2) is 9.37 Å². The first-order chi connectivity index (χ1) is 13.6. The van der Waals surface area contributed by atoms with Crippen LogP contribution in [-0.4, -0.2) is 41.5 Å². The molecule has 0 radical (unpaired) electrons. The van der Waals surface area contributed by atoms with Crippen molar-refractivity contribution in [2.24, 2.45) is 4.99 Å². The average Bonchev–Trinajstić information content (AvgIpc) is 3.28. The summed E-state index contributed by atoms with van der Waals surface area (Å²) in [7, 11) is 3.84. The number of hydrogen-bond acceptors (Lipinski definition) is 3. The van der Waals surface area contributed by atoms with Crippen molar-refractivity contribution in [3.8, 4) is 0 Å². The Morgan fingerprint density at radius 3 is 2.97 bits per heavy atom. The molecule has 0 spiro atoms. The smallest absolute Gasteiger partial charge is 0.193 e. The molecule has 0 unspecified atom stereocenters. The third-order valence-corrected chi connectivity index (χ3v) is 6.38. The lowest BCUT2D eigenvalue weighted by Gasteiger charge is -2.21. The van der Waals surface area contributed by atoms with Crippen LogP contribution in [0.2, 0.25) is 0 Å². The van der Waals surface area contributed by atoms with Crippen LogP contribution in [-0.2, 0) is 25.8 Å². The number of rotatable bonds is 5. The molecule has 0 fully saturated rings. The van der Waals surface area contributed by atoms with E-state index in [1.165, 1.54) is 35.9 Å². The second kappa shape index (κ2) is 9.88. The van der Waals surface area contributed by atoms with Gasteiger partial charge in [0.25, 0.3) is 0 Å². The lowest BCUT2D eigenvalue weighted by Crippen LogP contribution is -2.39. The van der Waals surface area contributed by atoms with E-state index < -0.39 is 0 Å². The molecular weight excluding hydrogens is 500 g/mol. The number of nitrogens with zero attached hydrogens (tertiary/aromatic N) is 3. The minimum absolute atomic E-state index is 0. The van der Waals surface area contributed by atoms with Crippen molar-refractivity contribution in [2.45, 2.75) is 38.6 Å². The standard InChI is InChI=1S/C21H26FN5S.HI/c1-23-21(27(2)13-20-26-18-5-3-4-6-19(18)28-20)24-10-9-14-12-25-17-8-7-15(22)11-16(14)17;/h7-8,11-12,25H,3-6,9-10,13H2,1-2H3,(H,23,24);1H. The second-order valence-corrected chi connectivity index (χ2v) is 8.44. The van der Waals surface area contributed by atoms with E-state index in [9.17, 15) is 4.39 Å². The molecule has 0 aliphatic heterocycles. The van der Waals surface area contributed by atoms with Gasteiger partial charge in [-0.3, -0.25) is 4.99 Å². The second-order valence-electron chi connectivity index (χ2n) is 7.27. The van der Waals surface area contributed by atoms with Gasteiger partial charge in [-0.05, 0) is 55.9 Å². The number of aromatic amines is 1. The summed E-state index contributed by atoms with van der Waals surface area (Å²) in [6, 6.07) is 4.85. The maximum Gasteiger partial charge on any atom is 0.193 e. The lowest BCUT2D eigenvalue weighted by atomic mass is 10.0. The van der Waals surface area contributed by atoms with Gasteiger partial charge in [0.1, 0.15) is 10.8 Å². The summed E-state index contributed by atoms with van der Waals surface area (Å²) in [6.45, 7) is 1.49. The first-order valence-electron chi connectivity index (χ1n) is 9.79. The number of halogens is 2. The van der Waals surface area contributed by atoms with Crippen LogP contribution >= 0.6 is 35.3 Å². The van der Waals surface area contributed by atoms with Crippen LogP contribution in [0.1, 0.15) is 34.0 Å². The van der Waals surface area contributed by atoms with E-state index in [0.717, 1.165) is 53.4 Å². The quantitative estimate of drug-likeness (QED) is 0.292. The normalized spacial score (nSPS) is 13.8. The number of fused-ring (bicyclic) bond motifs is 2. The van der Waals surface area contributed by atoms with E-state index in [4.69, 9.17) is 4.98 Å². The summed E-state index contributed by atoms with van der Waals surface area (Å²) in [5, 5.41) is 5.51. The molecule has 0 bridgehead atoms. The molecule has 3 aromatic rings. The Kier molecular flexibility index (Phi) is 7.50. The van der Waals surface area contributed by atoms with E-state index in [1.54, 1.807) is 19.2 Å². The fourth-order valence-corrected chi connectivity index (χ4v) is 5.01. The van der Waals surface area contributed by atoms with E-state index in [1.807, 2.05) is 24.6 Å². The van der Waals surface area contributed by atoms with Gasteiger partial charge in [0.15, 0.2) is 5.96 Å². The summed E-state index contributed by atoms with van der Waals surface area (Å²) in [5.74, 6) is 0.641. The van der Waals surface area contributed by atoms with Crippen molar-refractivity contribution in [2.75, 3.05) is 20.6 Å². The van der Waals surface area contributed by atoms with Gasteiger partial charge in [-0.2, -0.15) is 0 Å². The molecule has 5 nitrogen and oxygen atoms in total. The Balaban J connectivity index is 0.00000240. The fourth-order valence-electron chi connectivity index (χ4n) is 3.80. The Morgan fingerprint density at radius 2 is 2.17 bits per heavy atom. The molecular formula is C21H27FIN5S. The highest BCUT2D eigenvalue weighted by atomic mass is 127. The van der Waals surface area contributed by atoms with Gasteiger partial charge in [-0.15, -0.1) is 35.3 Å². The minimum atomic E-state index is -0.206. The molecule has 1 aliphatic carbocycles. The van der Waals surface area contributed by atoms with Crippen molar-refractivity contribution < 1.29 is 4.39 Å². The molecule has 0 atom stereocenters. The van der Waals surface area contributed by atoms with Crippen molar-refractivity contribution in [3.05, 3.63) is 51.4 Å². The van der Waals surface area contributed by atoms with E-state index >= 15 is 0 Å². The Hall–Kier alpha value is -1.68. The van der Waals surface area contributed by atoms with Crippen molar-refractivity contribution in [1.82, 2.24) is 20.2 Å². The van der Waals surface area contributed by atoms with E-state index in [-0.39, 0.29) is 29.8 Å². The Morgan fingerprint density at radius 1 is 1.34 bits per heavy atom. The zero-order chi connectivity index (χ0) is 19.5. The van der Waals surface area contributed by atoms with Crippen LogP contribution in [0.5, 0.6) is 0 Å². The average molecular weight is 527 g/mol. The molecule has 8 heteroatoms. The van der Waals surface area contributed by atoms with Crippen LogP contribution < -0.4 is 5.32 Å². The molecule has 1 aliphatic rings. The number of nitrogens with one attached hydrogen (secondary N) is 2. The highest BCUT2D eigenvalue weighted by Crippen LogP contribution is 2.27. The molecule has 0 saturated carbocycles. The van der Waals surface area contributed by atoms with Gasteiger partial charge in [0.05, 0.1) is 12.2 Å². The highest BCUT2D eigenvalue weighted by Gasteiger charge is 2.17. The van der Waals surface area contributed by atoms with Gasteiger partial charge in [0, 0.05) is 42.6 Å². The molecule has 156 valence electrons. The zero-order valence-electron chi connectivity index (χ0n) is 16.8. The van der Waals surface area contributed by atoms with Crippen molar-refractivity contribution >= 4 is 52.2 Å². The minimum Gasteiger partial charge on any atom is -0.361 e. The van der Waals surface area contributed by atoms with E-state index in [2.05, 4.69) is 20.2 Å². The van der Waals surface area contributed by atoms with Crippen LogP contribution in [0.25, 0.3) is 10.9 Å². The van der Waals surface area contributed by atoms with Crippen LogP contribution in [0, 0.1) is 5.82 Å². The molecule has 2 aromatic heterocycles. The first-order valence-corrected chi connectivity index (χ1v) is 10.6. The summed E-state index contributed by atoms with van der Waals surface area (Å²) in [4.78, 5) is 16.0. The number of hydrogen-bond donors (Lipinski definition) is 2. The number of aliphatic imine (C=N–C) groups is 1. The topological polar surface area (TPSA) is 56.3 Å². The Labute approximate surface area is 191 Å². The predicted octanol–water partition coefficient (Wildman–Crippen LogP) is 4.51. The predicted molar refractivity (Wildman–Crippen MR) is 129 cm³/mol. The van der Waals surface area contributed by atoms with Crippen LogP contribution in [0.15, 0.2) is 29.4 Å². The van der Waals surface area contributed by atoms with Crippen LogP contribution in [0.3, 0.4) is 0 Å². The lowest BCUT2D eigenvalue weighted by molar-refractivity contribution is 0.475. The third kappa shape index (κ3) is 5.09. The highest BCUT2D eigenvalue weighted by molar-refractivity contribution is 14.0. The molecule has 4 rings (SSSR count). The van der Waals surface area contributed by atoms with E-state index in [0.29, 0.717) is 0 Å². The zero-order valence-corrected chi connectivity index (χ0v) is 19.9. The summed E-state index contributed by atoms with van der Waals surface area (Å²) < 4.78 is 13.5. The molecule has 0 amide bonds. The number of benzene rings is 1. The van der Waals surface area contributed by atoms with Crippen molar-refractivity contribution in [1.29, 1.82) is 0 Å². The maximum absolute atomic E-state index is 13.5. The molecule has 29 heavy (non-hydrogen) atoms. The number of H-pyrrole nitrogens is 1. The number of aromatic nitrogens is 2. The van der Waals surface area contributed by atoms with Crippen molar-refractivity contribution in [3.63, 3.8) is 0 Å². The first kappa shape index (κ1) is 22.0. The fraction of sp³-hybridized carbons (Fsp3) is 0.429. The Bertz CT molecular complexity index is 973. The summed E-state index contributed by atoms with van der Waals surface area (Å²) >= 11 is 1.84. The molecule has 1 aromatic carbocycles. The van der Waals surface area contributed by atoms with Gasteiger partial charge >= 0.3 is 0 Å². The number of aryl methyl sites for hydroxylation is 2. The monoisotopic (exact) mass is 527 g/mol. The van der Waals surface area contributed by atoms with Crippen LogP contribution in [0.4, 0.5) is 4.39 Å². The third-order valence-electron chi connectivity index (χ3n) is 5.24. The number of guanidine groups is 1. The summed E-state index contributed by atoms with van der Waals surface area (Å²) in [6.07, 6.45) is 7.58. The summed E-state index contributed by atoms with van der Waals surface area (Å²) in [5.41, 5.74) is 3.37. The molecule has 2 N–H and O–H groups in total. The SMILES string of the molecule is CN=C(NCCc1c[nH]c2ccc(F)cc12)N(C)Cc1nc2c(s1)CCCC2.I.